The average molecular weight is 311 g/mol. The number of benzene rings is 1. The quantitative estimate of drug-likeness (QED) is 0.725. The molecule has 22 heavy (non-hydrogen) atoms. The van der Waals surface area contributed by atoms with E-state index in [4.69, 9.17) is 5.73 Å². The summed E-state index contributed by atoms with van der Waals surface area (Å²) in [7, 11) is 0. The lowest BCUT2D eigenvalue weighted by Crippen LogP contribution is -2.22. The number of nitrogens with two attached hydrogens (primary N) is 1. The lowest BCUT2D eigenvalue weighted by Gasteiger charge is -2.02. The number of aromatic nitrogens is 1. The van der Waals surface area contributed by atoms with Crippen LogP contribution in [0.1, 0.15) is 22.2 Å². The second-order valence-electron chi connectivity index (χ2n) is 5.07. The van der Waals surface area contributed by atoms with E-state index in [9.17, 15) is 4.79 Å². The molecule has 0 unspecified atom stereocenters. The number of rotatable bonds is 4. The number of carbonyl (C=O) groups is 1. The van der Waals surface area contributed by atoms with Crippen molar-refractivity contribution in [1.82, 2.24) is 10.3 Å². The third-order valence-corrected chi connectivity index (χ3v) is 4.71. The highest BCUT2D eigenvalue weighted by molar-refractivity contribution is 7.21. The normalized spacial score (nSPS) is 11.0. The van der Waals surface area contributed by atoms with Crippen molar-refractivity contribution in [2.45, 2.75) is 13.3 Å². The first-order valence-corrected chi connectivity index (χ1v) is 7.96. The van der Waals surface area contributed by atoms with Crippen molar-refractivity contribution < 1.29 is 4.79 Å². The molecule has 0 saturated heterocycles. The molecular formula is C17H17N3OS. The molecule has 5 heteroatoms. The number of nitrogens with one attached hydrogen (secondary N) is 1. The SMILES string of the molecule is C=CCNC(=O)c1sc2nc3ccc(CC)cc3cc2c1N. The fraction of sp³-hybridized carbons (Fsp3) is 0.176. The van der Waals surface area contributed by atoms with Gasteiger partial charge >= 0.3 is 0 Å². The molecule has 3 aromatic rings. The molecule has 3 N–H and O–H groups in total. The molecule has 1 aromatic carbocycles. The van der Waals surface area contributed by atoms with Gasteiger partial charge in [0.2, 0.25) is 0 Å². The fourth-order valence-electron chi connectivity index (χ4n) is 2.39. The van der Waals surface area contributed by atoms with Crippen LogP contribution in [0.3, 0.4) is 0 Å². The summed E-state index contributed by atoms with van der Waals surface area (Å²) >= 11 is 1.32. The Balaban J connectivity index is 2.14. The molecule has 0 aliphatic carbocycles. The Bertz CT molecular complexity index is 882. The Morgan fingerprint density at radius 2 is 2.27 bits per heavy atom. The van der Waals surface area contributed by atoms with Gasteiger partial charge in [-0.1, -0.05) is 19.1 Å². The van der Waals surface area contributed by atoms with Crippen LogP contribution >= 0.6 is 11.3 Å². The van der Waals surface area contributed by atoms with Crippen molar-refractivity contribution in [3.63, 3.8) is 0 Å². The predicted octanol–water partition coefficient (Wildman–Crippen LogP) is 3.51. The molecule has 112 valence electrons. The van der Waals surface area contributed by atoms with Crippen LogP contribution < -0.4 is 11.1 Å². The van der Waals surface area contributed by atoms with Gasteiger partial charge in [-0.25, -0.2) is 4.98 Å². The topological polar surface area (TPSA) is 68.0 Å². The summed E-state index contributed by atoms with van der Waals surface area (Å²) in [5.74, 6) is -0.182. The van der Waals surface area contributed by atoms with Crippen LogP contribution in [-0.2, 0) is 6.42 Å². The standard InChI is InChI=1S/C17H17N3OS/c1-3-7-19-16(21)15-14(18)12-9-11-8-10(4-2)5-6-13(11)20-17(12)22-15/h3,5-6,8-9H,1,4,7,18H2,2H3,(H,19,21). The summed E-state index contributed by atoms with van der Waals surface area (Å²) in [5, 5.41) is 4.65. The van der Waals surface area contributed by atoms with Crippen LogP contribution in [0.15, 0.2) is 36.9 Å². The van der Waals surface area contributed by atoms with E-state index in [0.29, 0.717) is 17.1 Å². The lowest BCUT2D eigenvalue weighted by atomic mass is 10.1. The number of amides is 1. The number of pyridine rings is 1. The Kier molecular flexibility index (Phi) is 3.81. The maximum Gasteiger partial charge on any atom is 0.263 e. The minimum Gasteiger partial charge on any atom is -0.397 e. The van der Waals surface area contributed by atoms with Gasteiger partial charge in [-0.05, 0) is 30.2 Å². The first-order chi connectivity index (χ1) is 10.6. The Labute approximate surface area is 132 Å². The fourth-order valence-corrected chi connectivity index (χ4v) is 3.39. The minimum atomic E-state index is -0.182. The van der Waals surface area contributed by atoms with Crippen LogP contribution in [0.5, 0.6) is 0 Å². The second-order valence-corrected chi connectivity index (χ2v) is 6.06. The van der Waals surface area contributed by atoms with E-state index in [-0.39, 0.29) is 5.91 Å². The van der Waals surface area contributed by atoms with Gasteiger partial charge in [0.15, 0.2) is 0 Å². The molecule has 3 rings (SSSR count). The second kappa shape index (κ2) is 5.77. The highest BCUT2D eigenvalue weighted by Crippen LogP contribution is 2.34. The van der Waals surface area contributed by atoms with Crippen LogP contribution in [0.25, 0.3) is 21.1 Å². The molecular weight excluding hydrogens is 294 g/mol. The van der Waals surface area contributed by atoms with Gasteiger partial charge in [-0.15, -0.1) is 17.9 Å². The van der Waals surface area contributed by atoms with Crippen LogP contribution in [0, 0.1) is 0 Å². The van der Waals surface area contributed by atoms with E-state index in [0.717, 1.165) is 27.5 Å². The average Bonchev–Trinajstić information content (AvgIpc) is 2.86. The molecule has 4 nitrogen and oxygen atoms in total. The number of hydrogen-bond donors (Lipinski definition) is 2. The number of nitrogens with zero attached hydrogens (tertiary/aromatic N) is 1. The highest BCUT2D eigenvalue weighted by atomic mass is 32.1. The first kappa shape index (κ1) is 14.5. The third kappa shape index (κ3) is 2.44. The number of hydrogen-bond acceptors (Lipinski definition) is 4. The molecule has 2 aromatic heterocycles. The molecule has 0 radical (unpaired) electrons. The van der Waals surface area contributed by atoms with E-state index in [1.165, 1.54) is 16.9 Å². The van der Waals surface area contributed by atoms with E-state index in [2.05, 4.69) is 35.9 Å². The smallest absolute Gasteiger partial charge is 0.263 e. The summed E-state index contributed by atoms with van der Waals surface area (Å²) in [5.41, 5.74) is 8.83. The van der Waals surface area contributed by atoms with Crippen LogP contribution in [-0.4, -0.2) is 17.4 Å². The van der Waals surface area contributed by atoms with Crippen molar-refractivity contribution in [1.29, 1.82) is 0 Å². The summed E-state index contributed by atoms with van der Waals surface area (Å²) in [6.07, 6.45) is 2.61. The number of fused-ring (bicyclic) bond motifs is 2. The minimum absolute atomic E-state index is 0.182. The number of anilines is 1. The lowest BCUT2D eigenvalue weighted by molar-refractivity contribution is 0.0963. The van der Waals surface area contributed by atoms with Crippen molar-refractivity contribution in [3.8, 4) is 0 Å². The van der Waals surface area contributed by atoms with Crippen molar-refractivity contribution in [3.05, 3.63) is 47.4 Å². The molecule has 0 aliphatic rings. The molecule has 2 heterocycles. The number of thiophene rings is 1. The summed E-state index contributed by atoms with van der Waals surface area (Å²) < 4.78 is 0. The zero-order chi connectivity index (χ0) is 15.7. The number of nitrogen functional groups attached to an aromatic ring is 1. The highest BCUT2D eigenvalue weighted by Gasteiger charge is 2.17. The van der Waals surface area contributed by atoms with E-state index >= 15 is 0 Å². The van der Waals surface area contributed by atoms with Crippen molar-refractivity contribution in [2.75, 3.05) is 12.3 Å². The molecule has 0 fully saturated rings. The van der Waals surface area contributed by atoms with E-state index in [1.54, 1.807) is 6.08 Å². The molecule has 0 aliphatic heterocycles. The first-order valence-electron chi connectivity index (χ1n) is 7.14. The van der Waals surface area contributed by atoms with Crippen LogP contribution in [0.4, 0.5) is 5.69 Å². The Hall–Kier alpha value is -2.40. The molecule has 0 saturated carbocycles. The van der Waals surface area contributed by atoms with Crippen LogP contribution in [0.2, 0.25) is 0 Å². The molecule has 0 atom stereocenters. The van der Waals surface area contributed by atoms with Gasteiger partial charge in [-0.2, -0.15) is 0 Å². The van der Waals surface area contributed by atoms with Crippen molar-refractivity contribution in [2.24, 2.45) is 0 Å². The predicted molar refractivity (Wildman–Crippen MR) is 93.4 cm³/mol. The van der Waals surface area contributed by atoms with E-state index < -0.39 is 0 Å². The van der Waals surface area contributed by atoms with Gasteiger partial charge in [0.05, 0.1) is 11.2 Å². The zero-order valence-corrected chi connectivity index (χ0v) is 13.2. The van der Waals surface area contributed by atoms with Gasteiger partial charge in [0.1, 0.15) is 9.71 Å². The largest absolute Gasteiger partial charge is 0.397 e. The molecule has 0 bridgehead atoms. The van der Waals surface area contributed by atoms with Gasteiger partial charge < -0.3 is 11.1 Å². The van der Waals surface area contributed by atoms with E-state index in [1.807, 2.05) is 12.1 Å². The molecule has 1 amide bonds. The zero-order valence-electron chi connectivity index (χ0n) is 12.3. The van der Waals surface area contributed by atoms with Gasteiger partial charge in [-0.3, -0.25) is 4.79 Å². The Morgan fingerprint density at radius 3 is 3.00 bits per heavy atom. The summed E-state index contributed by atoms with van der Waals surface area (Å²) in [6.45, 7) is 6.13. The van der Waals surface area contributed by atoms with Gasteiger partial charge in [0, 0.05) is 17.3 Å². The van der Waals surface area contributed by atoms with Crippen molar-refractivity contribution >= 4 is 44.1 Å². The maximum absolute atomic E-state index is 12.1. The van der Waals surface area contributed by atoms with Gasteiger partial charge in [0.25, 0.3) is 5.91 Å². The maximum atomic E-state index is 12.1. The monoisotopic (exact) mass is 311 g/mol. The third-order valence-electron chi connectivity index (χ3n) is 3.60. The molecule has 0 spiro atoms. The Morgan fingerprint density at radius 1 is 1.45 bits per heavy atom. The summed E-state index contributed by atoms with van der Waals surface area (Å²) in [6, 6.07) is 8.24. The number of aryl methyl sites for hydroxylation is 1. The number of carbonyl (C=O) groups excluding carboxylic acids is 1. The summed E-state index contributed by atoms with van der Waals surface area (Å²) in [4.78, 5) is 18.1.